The Balaban J connectivity index is 1.77. The number of carbonyl (C=O) groups excluding carboxylic acids is 2. The summed E-state index contributed by atoms with van der Waals surface area (Å²) in [5.74, 6) is -0.245. The van der Waals surface area contributed by atoms with E-state index >= 15 is 0 Å². The van der Waals surface area contributed by atoms with Crippen molar-refractivity contribution in [1.82, 2.24) is 0 Å². The molecule has 2 aliphatic carbocycles. The first-order chi connectivity index (χ1) is 12.1. The summed E-state index contributed by atoms with van der Waals surface area (Å²) >= 11 is 0. The molecule has 4 heteroatoms. The van der Waals surface area contributed by atoms with Crippen LogP contribution in [0, 0.1) is 17.8 Å². The van der Waals surface area contributed by atoms with Gasteiger partial charge in [0.15, 0.2) is 0 Å². The highest BCUT2D eigenvalue weighted by Gasteiger charge is 2.38. The molecule has 0 amide bonds. The van der Waals surface area contributed by atoms with E-state index in [4.69, 9.17) is 9.47 Å². The summed E-state index contributed by atoms with van der Waals surface area (Å²) in [5.41, 5.74) is 0. The lowest BCUT2D eigenvalue weighted by atomic mass is 9.79. The van der Waals surface area contributed by atoms with Gasteiger partial charge in [-0.05, 0) is 57.3 Å². The largest absolute Gasteiger partial charge is 0.465 e. The van der Waals surface area contributed by atoms with Crippen molar-refractivity contribution in [2.75, 3.05) is 6.61 Å². The molecule has 0 radical (unpaired) electrons. The van der Waals surface area contributed by atoms with Gasteiger partial charge in [0, 0.05) is 0 Å². The van der Waals surface area contributed by atoms with E-state index in [1.165, 1.54) is 6.42 Å². The molecule has 2 fully saturated rings. The smallest absolute Gasteiger partial charge is 0.310 e. The molecule has 2 unspecified atom stereocenters. The van der Waals surface area contributed by atoms with Crippen molar-refractivity contribution >= 4 is 11.9 Å². The summed E-state index contributed by atoms with van der Waals surface area (Å²) in [5, 5.41) is 0. The van der Waals surface area contributed by atoms with Crippen LogP contribution >= 0.6 is 0 Å². The van der Waals surface area contributed by atoms with Crippen LogP contribution in [0.2, 0.25) is 0 Å². The average molecular weight is 353 g/mol. The van der Waals surface area contributed by atoms with E-state index in [1.807, 2.05) is 0 Å². The SMILES string of the molecule is CC(C)CCCCOC(=O)C1CCCCC1C(=O)OC1CCCCC1. The van der Waals surface area contributed by atoms with Crippen molar-refractivity contribution < 1.29 is 19.1 Å². The Morgan fingerprint density at radius 3 is 2.08 bits per heavy atom. The third-order valence-electron chi connectivity index (χ3n) is 5.63. The molecule has 2 rings (SSSR count). The van der Waals surface area contributed by atoms with Gasteiger partial charge in [0.25, 0.3) is 0 Å². The molecular formula is C21H36O4. The second-order valence-electron chi connectivity index (χ2n) is 8.25. The van der Waals surface area contributed by atoms with Crippen LogP contribution in [0.4, 0.5) is 0 Å². The third-order valence-corrected chi connectivity index (χ3v) is 5.63. The van der Waals surface area contributed by atoms with Crippen LogP contribution in [0.25, 0.3) is 0 Å². The highest BCUT2D eigenvalue weighted by Crippen LogP contribution is 2.33. The van der Waals surface area contributed by atoms with Gasteiger partial charge < -0.3 is 9.47 Å². The molecule has 0 spiro atoms. The van der Waals surface area contributed by atoms with E-state index in [-0.39, 0.29) is 29.9 Å². The van der Waals surface area contributed by atoms with E-state index in [0.29, 0.717) is 12.5 Å². The van der Waals surface area contributed by atoms with Crippen molar-refractivity contribution in [3.63, 3.8) is 0 Å². The normalized spacial score (nSPS) is 24.9. The quantitative estimate of drug-likeness (QED) is 0.454. The molecule has 144 valence electrons. The standard InChI is InChI=1S/C21H36O4/c1-16(2)10-8-9-15-24-20(22)18-13-6-7-14-19(18)21(23)25-17-11-4-3-5-12-17/h16-19H,3-15H2,1-2H3. The Morgan fingerprint density at radius 2 is 1.44 bits per heavy atom. The summed E-state index contributed by atoms with van der Waals surface area (Å²) in [6.45, 7) is 4.89. The average Bonchev–Trinajstić information content (AvgIpc) is 2.62. The fraction of sp³-hybridized carbons (Fsp3) is 0.905. The predicted octanol–water partition coefficient (Wildman–Crippen LogP) is 5.04. The van der Waals surface area contributed by atoms with Gasteiger partial charge in [0.05, 0.1) is 18.4 Å². The number of hydrogen-bond donors (Lipinski definition) is 0. The number of unbranched alkanes of at least 4 members (excludes halogenated alkanes) is 1. The lowest BCUT2D eigenvalue weighted by molar-refractivity contribution is -0.167. The van der Waals surface area contributed by atoms with Gasteiger partial charge in [-0.3, -0.25) is 9.59 Å². The van der Waals surface area contributed by atoms with E-state index in [9.17, 15) is 9.59 Å². The maximum Gasteiger partial charge on any atom is 0.310 e. The molecule has 4 nitrogen and oxygen atoms in total. The van der Waals surface area contributed by atoms with Gasteiger partial charge in [0.1, 0.15) is 6.10 Å². The van der Waals surface area contributed by atoms with E-state index in [0.717, 1.165) is 70.6 Å². The topological polar surface area (TPSA) is 52.6 Å². The van der Waals surface area contributed by atoms with Crippen LogP contribution in [0.1, 0.15) is 90.9 Å². The lowest BCUT2D eigenvalue weighted by Crippen LogP contribution is -2.37. The van der Waals surface area contributed by atoms with Crippen molar-refractivity contribution in [2.24, 2.45) is 17.8 Å². The van der Waals surface area contributed by atoms with Gasteiger partial charge in [-0.25, -0.2) is 0 Å². The summed E-state index contributed by atoms with van der Waals surface area (Å²) < 4.78 is 11.2. The molecule has 25 heavy (non-hydrogen) atoms. The molecule has 0 saturated heterocycles. The molecule has 0 aromatic rings. The number of ether oxygens (including phenoxy) is 2. The molecule has 0 aromatic heterocycles. The van der Waals surface area contributed by atoms with Crippen LogP contribution < -0.4 is 0 Å². The molecule has 2 saturated carbocycles. The molecule has 0 N–H and O–H groups in total. The zero-order chi connectivity index (χ0) is 18.1. The molecule has 0 heterocycles. The number of carbonyl (C=O) groups is 2. The van der Waals surface area contributed by atoms with Gasteiger partial charge >= 0.3 is 11.9 Å². The third kappa shape index (κ3) is 6.99. The summed E-state index contributed by atoms with van der Waals surface area (Å²) in [6.07, 6.45) is 12.2. The summed E-state index contributed by atoms with van der Waals surface area (Å²) in [7, 11) is 0. The minimum absolute atomic E-state index is 0.0656. The summed E-state index contributed by atoms with van der Waals surface area (Å²) in [6, 6.07) is 0. The van der Waals surface area contributed by atoms with Gasteiger partial charge in [-0.1, -0.05) is 39.5 Å². The lowest BCUT2D eigenvalue weighted by Gasteiger charge is -2.30. The van der Waals surface area contributed by atoms with Crippen LogP contribution in [0.3, 0.4) is 0 Å². The first-order valence-corrected chi connectivity index (χ1v) is 10.4. The highest BCUT2D eigenvalue weighted by atomic mass is 16.5. The van der Waals surface area contributed by atoms with E-state index < -0.39 is 0 Å². The number of esters is 2. The minimum Gasteiger partial charge on any atom is -0.465 e. The summed E-state index contributed by atoms with van der Waals surface area (Å²) in [4.78, 5) is 25.1. The fourth-order valence-electron chi connectivity index (χ4n) is 4.06. The predicted molar refractivity (Wildman–Crippen MR) is 98.1 cm³/mol. The maximum atomic E-state index is 12.6. The Morgan fingerprint density at radius 1 is 0.840 bits per heavy atom. The fourth-order valence-corrected chi connectivity index (χ4v) is 4.06. The van der Waals surface area contributed by atoms with Crippen LogP contribution in [-0.2, 0) is 19.1 Å². The monoisotopic (exact) mass is 352 g/mol. The molecule has 0 aromatic carbocycles. The first-order valence-electron chi connectivity index (χ1n) is 10.4. The Hall–Kier alpha value is -1.06. The Labute approximate surface area is 153 Å². The molecule has 2 atom stereocenters. The van der Waals surface area contributed by atoms with Crippen LogP contribution in [0.15, 0.2) is 0 Å². The molecule has 0 bridgehead atoms. The van der Waals surface area contributed by atoms with Crippen molar-refractivity contribution in [1.29, 1.82) is 0 Å². The molecule has 2 aliphatic rings. The highest BCUT2D eigenvalue weighted by molar-refractivity contribution is 5.82. The van der Waals surface area contributed by atoms with Gasteiger partial charge in [-0.2, -0.15) is 0 Å². The van der Waals surface area contributed by atoms with E-state index in [1.54, 1.807) is 0 Å². The van der Waals surface area contributed by atoms with Gasteiger partial charge in [0.2, 0.25) is 0 Å². The van der Waals surface area contributed by atoms with E-state index in [2.05, 4.69) is 13.8 Å². The second kappa shape index (κ2) is 10.8. The van der Waals surface area contributed by atoms with Crippen molar-refractivity contribution in [3.05, 3.63) is 0 Å². The first kappa shape index (κ1) is 20.3. The van der Waals surface area contributed by atoms with Gasteiger partial charge in [-0.15, -0.1) is 0 Å². The maximum absolute atomic E-state index is 12.6. The van der Waals surface area contributed by atoms with Crippen LogP contribution in [0.5, 0.6) is 0 Å². The second-order valence-corrected chi connectivity index (χ2v) is 8.25. The zero-order valence-corrected chi connectivity index (χ0v) is 16.1. The molecular weight excluding hydrogens is 316 g/mol. The number of rotatable bonds is 8. The minimum atomic E-state index is -0.296. The Bertz CT molecular complexity index is 412. The van der Waals surface area contributed by atoms with Crippen molar-refractivity contribution in [2.45, 2.75) is 97.0 Å². The zero-order valence-electron chi connectivity index (χ0n) is 16.1. The Kier molecular flexibility index (Phi) is 8.77. The number of hydrogen-bond acceptors (Lipinski definition) is 4. The van der Waals surface area contributed by atoms with Crippen LogP contribution in [-0.4, -0.2) is 24.6 Å². The molecule has 0 aliphatic heterocycles. The van der Waals surface area contributed by atoms with Crippen molar-refractivity contribution in [3.8, 4) is 0 Å².